The summed E-state index contributed by atoms with van der Waals surface area (Å²) in [6.45, 7) is 5.09. The van der Waals surface area contributed by atoms with Gasteiger partial charge in [-0.1, -0.05) is 0 Å². The topological polar surface area (TPSA) is 57.6 Å². The lowest BCUT2D eigenvalue weighted by molar-refractivity contribution is -0.120. The lowest BCUT2D eigenvalue weighted by atomic mass is 10.1. The second-order valence-corrected chi connectivity index (χ2v) is 4.23. The van der Waals surface area contributed by atoms with Gasteiger partial charge < -0.3 is 5.11 Å². The second kappa shape index (κ2) is 3.73. The van der Waals surface area contributed by atoms with Gasteiger partial charge in [0.05, 0.1) is 5.69 Å². The van der Waals surface area contributed by atoms with Crippen LogP contribution in [0.1, 0.15) is 18.1 Å². The quantitative estimate of drug-likeness (QED) is 0.750. The van der Waals surface area contributed by atoms with Crippen molar-refractivity contribution in [3.8, 4) is 5.75 Å². The van der Waals surface area contributed by atoms with E-state index in [1.165, 1.54) is 6.08 Å². The molecule has 2 amide bonds. The zero-order valence-corrected chi connectivity index (χ0v) is 9.94. The van der Waals surface area contributed by atoms with Crippen LogP contribution >= 0.6 is 0 Å². The molecule has 1 aromatic rings. The maximum absolute atomic E-state index is 11.8. The number of hydrogen-bond acceptors (Lipinski definition) is 3. The number of phenolic OH excluding ortho intramolecular Hbond substituents is 1. The Hall–Kier alpha value is -2.10. The first-order chi connectivity index (χ1) is 7.91. The highest BCUT2D eigenvalue weighted by atomic mass is 16.3. The molecule has 0 aromatic heterocycles. The lowest BCUT2D eigenvalue weighted by Gasteiger charge is -2.18. The van der Waals surface area contributed by atoms with Crippen molar-refractivity contribution in [2.75, 3.05) is 4.90 Å². The Morgan fingerprint density at radius 2 is 1.71 bits per heavy atom. The normalized spacial score (nSPS) is 15.5. The van der Waals surface area contributed by atoms with Gasteiger partial charge in [-0.15, -0.1) is 0 Å². The average Bonchev–Trinajstić information content (AvgIpc) is 2.48. The molecule has 0 saturated heterocycles. The molecule has 0 saturated carbocycles. The number of hydrogen-bond donors (Lipinski definition) is 1. The molecule has 88 valence electrons. The predicted molar refractivity (Wildman–Crippen MR) is 63.8 cm³/mol. The molecule has 1 N–H and O–H groups in total. The van der Waals surface area contributed by atoms with Crippen molar-refractivity contribution in [3.05, 3.63) is 34.9 Å². The van der Waals surface area contributed by atoms with Crippen molar-refractivity contribution in [1.29, 1.82) is 0 Å². The molecule has 0 fully saturated rings. The van der Waals surface area contributed by atoms with Gasteiger partial charge in [0.25, 0.3) is 11.8 Å². The molecule has 0 bridgehead atoms. The highest BCUT2D eigenvalue weighted by molar-refractivity contribution is 6.30. The molecule has 1 aromatic carbocycles. The summed E-state index contributed by atoms with van der Waals surface area (Å²) in [5, 5.41) is 9.55. The lowest BCUT2D eigenvalue weighted by Crippen LogP contribution is -2.31. The minimum absolute atomic E-state index is 0.162. The van der Waals surface area contributed by atoms with E-state index in [-0.39, 0.29) is 17.6 Å². The van der Waals surface area contributed by atoms with Gasteiger partial charge >= 0.3 is 0 Å². The van der Waals surface area contributed by atoms with Gasteiger partial charge in [0.2, 0.25) is 0 Å². The van der Waals surface area contributed by atoms with Gasteiger partial charge in [0, 0.05) is 11.6 Å². The predicted octanol–water partition coefficient (Wildman–Crippen LogP) is 1.83. The maximum atomic E-state index is 11.8. The summed E-state index contributed by atoms with van der Waals surface area (Å²) in [6.07, 6.45) is 1.32. The number of imide groups is 1. The number of amides is 2. The summed E-state index contributed by atoms with van der Waals surface area (Å²) < 4.78 is 0. The van der Waals surface area contributed by atoms with Crippen LogP contribution in [0.3, 0.4) is 0 Å². The van der Waals surface area contributed by atoms with E-state index in [9.17, 15) is 14.7 Å². The molecule has 2 rings (SSSR count). The molecule has 1 aliphatic rings. The Morgan fingerprint density at radius 1 is 1.06 bits per heavy atom. The van der Waals surface area contributed by atoms with E-state index in [1.807, 2.05) is 0 Å². The number of nitrogens with zero attached hydrogens (tertiary/aromatic N) is 1. The van der Waals surface area contributed by atoms with Gasteiger partial charge in [0.15, 0.2) is 0 Å². The number of carbonyl (C=O) groups is 2. The van der Waals surface area contributed by atoms with Crippen molar-refractivity contribution in [1.82, 2.24) is 0 Å². The molecular formula is C13H13NO3. The summed E-state index contributed by atoms with van der Waals surface area (Å²) in [5.74, 6) is -0.473. The van der Waals surface area contributed by atoms with Gasteiger partial charge in [-0.25, -0.2) is 4.90 Å². The van der Waals surface area contributed by atoms with E-state index >= 15 is 0 Å². The highest BCUT2D eigenvalue weighted by Gasteiger charge is 2.30. The Balaban J connectivity index is 2.53. The summed E-state index contributed by atoms with van der Waals surface area (Å²) in [6, 6.07) is 3.20. The minimum Gasteiger partial charge on any atom is -0.508 e. The minimum atomic E-state index is -0.333. The molecule has 0 aliphatic carbocycles. The van der Waals surface area contributed by atoms with Gasteiger partial charge in [0.1, 0.15) is 5.75 Å². The molecule has 1 heterocycles. The van der Waals surface area contributed by atoms with Gasteiger partial charge in [-0.05, 0) is 44.0 Å². The Morgan fingerprint density at radius 3 is 2.24 bits per heavy atom. The van der Waals surface area contributed by atoms with E-state index in [1.54, 1.807) is 32.9 Å². The van der Waals surface area contributed by atoms with Crippen molar-refractivity contribution in [2.45, 2.75) is 20.8 Å². The third kappa shape index (κ3) is 1.71. The van der Waals surface area contributed by atoms with E-state index in [0.29, 0.717) is 22.4 Å². The molecule has 17 heavy (non-hydrogen) atoms. The zero-order chi connectivity index (χ0) is 12.7. The monoisotopic (exact) mass is 231 g/mol. The smallest absolute Gasteiger partial charge is 0.261 e. The Kier molecular flexibility index (Phi) is 2.50. The summed E-state index contributed by atoms with van der Waals surface area (Å²) >= 11 is 0. The molecule has 4 heteroatoms. The van der Waals surface area contributed by atoms with Crippen LogP contribution in [0.5, 0.6) is 5.75 Å². The number of aryl methyl sites for hydroxylation is 2. The van der Waals surface area contributed by atoms with E-state index in [2.05, 4.69) is 0 Å². The van der Waals surface area contributed by atoms with Crippen LogP contribution in [0, 0.1) is 13.8 Å². The fourth-order valence-electron chi connectivity index (χ4n) is 1.84. The second-order valence-electron chi connectivity index (χ2n) is 4.23. The molecule has 4 nitrogen and oxygen atoms in total. The van der Waals surface area contributed by atoms with Crippen LogP contribution in [-0.2, 0) is 9.59 Å². The Labute approximate surface area is 99.2 Å². The molecule has 1 aliphatic heterocycles. The van der Waals surface area contributed by atoms with Gasteiger partial charge in [-0.2, -0.15) is 0 Å². The summed E-state index contributed by atoms with van der Waals surface area (Å²) in [7, 11) is 0. The number of rotatable bonds is 1. The molecule has 0 spiro atoms. The largest absolute Gasteiger partial charge is 0.508 e. The van der Waals surface area contributed by atoms with Crippen LogP contribution in [-0.4, -0.2) is 16.9 Å². The number of anilines is 1. The molecule has 0 unspecified atom stereocenters. The first kappa shape index (κ1) is 11.4. The first-order valence-electron chi connectivity index (χ1n) is 5.28. The molecular weight excluding hydrogens is 218 g/mol. The van der Waals surface area contributed by atoms with Crippen molar-refractivity contribution in [3.63, 3.8) is 0 Å². The fourth-order valence-corrected chi connectivity index (χ4v) is 1.84. The fraction of sp³-hybridized carbons (Fsp3) is 0.231. The first-order valence-corrected chi connectivity index (χ1v) is 5.28. The van der Waals surface area contributed by atoms with Crippen molar-refractivity contribution in [2.24, 2.45) is 0 Å². The number of aromatic hydroxyl groups is 1. The zero-order valence-electron chi connectivity index (χ0n) is 9.94. The maximum Gasteiger partial charge on any atom is 0.261 e. The van der Waals surface area contributed by atoms with E-state index in [4.69, 9.17) is 0 Å². The van der Waals surface area contributed by atoms with Crippen LogP contribution < -0.4 is 4.90 Å². The SMILES string of the molecule is CC1=CC(=O)N(c2cc(C)c(O)cc2C)C1=O. The van der Waals surface area contributed by atoms with Crippen LogP contribution in [0.25, 0.3) is 0 Å². The van der Waals surface area contributed by atoms with Crippen LogP contribution in [0.2, 0.25) is 0 Å². The van der Waals surface area contributed by atoms with E-state index in [0.717, 1.165) is 4.90 Å². The van der Waals surface area contributed by atoms with Crippen molar-refractivity contribution < 1.29 is 14.7 Å². The molecule has 0 atom stereocenters. The summed E-state index contributed by atoms with van der Waals surface area (Å²) in [4.78, 5) is 24.7. The standard InChI is InChI=1S/C13H13NO3/c1-7-5-11(15)8(2)4-10(7)14-12(16)6-9(3)13(14)17/h4-6,15H,1-3H3. The number of benzene rings is 1. The van der Waals surface area contributed by atoms with Gasteiger partial charge in [-0.3, -0.25) is 9.59 Å². The number of phenols is 1. The summed E-state index contributed by atoms with van der Waals surface area (Å²) in [5.41, 5.74) is 2.29. The molecule has 0 radical (unpaired) electrons. The van der Waals surface area contributed by atoms with E-state index < -0.39 is 0 Å². The Bertz CT molecular complexity index is 558. The van der Waals surface area contributed by atoms with Crippen LogP contribution in [0.15, 0.2) is 23.8 Å². The highest BCUT2D eigenvalue weighted by Crippen LogP contribution is 2.30. The third-order valence-corrected chi connectivity index (χ3v) is 2.86. The average molecular weight is 231 g/mol. The van der Waals surface area contributed by atoms with Crippen molar-refractivity contribution >= 4 is 17.5 Å². The third-order valence-electron chi connectivity index (χ3n) is 2.86. The number of carbonyl (C=O) groups excluding carboxylic acids is 2. The van der Waals surface area contributed by atoms with Crippen LogP contribution in [0.4, 0.5) is 5.69 Å².